The third-order valence-electron chi connectivity index (χ3n) is 5.97. The quantitative estimate of drug-likeness (QED) is 0.245. The van der Waals surface area contributed by atoms with Crippen LogP contribution in [0.2, 0.25) is 0 Å². The lowest BCUT2D eigenvalue weighted by atomic mass is 9.99. The zero-order valence-corrected chi connectivity index (χ0v) is 23.1. The number of hydrogen-bond donors (Lipinski definition) is 2. The van der Waals surface area contributed by atoms with E-state index in [4.69, 9.17) is 14.2 Å². The Bertz CT molecular complexity index is 1560. The number of rotatable bonds is 11. The second-order valence-electron chi connectivity index (χ2n) is 9.57. The number of anilines is 1. The predicted molar refractivity (Wildman–Crippen MR) is 143 cm³/mol. The van der Waals surface area contributed by atoms with Crippen molar-refractivity contribution in [1.82, 2.24) is 9.71 Å². The van der Waals surface area contributed by atoms with E-state index in [1.54, 1.807) is 39.1 Å². The fourth-order valence-corrected chi connectivity index (χ4v) is 5.29. The molecule has 220 valence electrons. The van der Waals surface area contributed by atoms with E-state index in [-0.39, 0.29) is 48.3 Å². The molecule has 41 heavy (non-hydrogen) atoms. The number of alkyl halides is 3. The molecule has 14 heteroatoms. The lowest BCUT2D eigenvalue weighted by molar-refractivity contribution is -0.213. The van der Waals surface area contributed by atoms with Gasteiger partial charge in [-0.2, -0.15) is 13.2 Å². The molecule has 1 heterocycles. The minimum absolute atomic E-state index is 0.0235. The van der Waals surface area contributed by atoms with Gasteiger partial charge in [-0.25, -0.2) is 17.9 Å². The van der Waals surface area contributed by atoms with Crippen LogP contribution in [0, 0.1) is 0 Å². The first-order chi connectivity index (χ1) is 19.2. The first-order valence-corrected chi connectivity index (χ1v) is 14.2. The van der Waals surface area contributed by atoms with Gasteiger partial charge in [0.05, 0.1) is 18.0 Å². The highest BCUT2D eigenvalue weighted by atomic mass is 32.2. The van der Waals surface area contributed by atoms with Crippen molar-refractivity contribution in [3.63, 3.8) is 0 Å². The summed E-state index contributed by atoms with van der Waals surface area (Å²) < 4.78 is 84.3. The lowest BCUT2D eigenvalue weighted by Crippen LogP contribution is -2.56. The number of pyridine rings is 1. The molecule has 0 saturated heterocycles. The molecule has 3 aromatic rings. The van der Waals surface area contributed by atoms with Crippen molar-refractivity contribution in [3.05, 3.63) is 60.4 Å². The standard InChI is InChI=1S/C27H28F3N3O7S/c1-4-38-23-14-19(6-10-22(23)39-16(2)3)26(40-25(35)27(28,29)30,24(34)33-41(36,37)21-8-9-21)32-20-7-5-18-15-31-12-11-17(18)13-20/h5-7,10-16,21,32H,4,8-9H2,1-3H3,(H,33,34). The van der Waals surface area contributed by atoms with Crippen LogP contribution >= 0.6 is 0 Å². The molecule has 0 spiro atoms. The molecule has 2 N–H and O–H groups in total. The van der Waals surface area contributed by atoms with Crippen molar-refractivity contribution in [2.75, 3.05) is 11.9 Å². The van der Waals surface area contributed by atoms with Gasteiger partial charge < -0.3 is 19.5 Å². The van der Waals surface area contributed by atoms with Gasteiger partial charge >= 0.3 is 18.1 Å². The number of ether oxygens (including phenoxy) is 3. The number of amides is 1. The summed E-state index contributed by atoms with van der Waals surface area (Å²) in [6.45, 7) is 5.25. The van der Waals surface area contributed by atoms with Gasteiger partial charge in [-0.3, -0.25) is 9.78 Å². The number of aromatic nitrogens is 1. The molecule has 1 aromatic heterocycles. The first-order valence-electron chi connectivity index (χ1n) is 12.7. The van der Waals surface area contributed by atoms with Gasteiger partial charge in [-0.05, 0) is 75.4 Å². The molecule has 1 unspecified atom stereocenters. The zero-order chi connectivity index (χ0) is 30.0. The average molecular weight is 596 g/mol. The Kier molecular flexibility index (Phi) is 8.34. The maximum absolute atomic E-state index is 13.8. The van der Waals surface area contributed by atoms with E-state index in [1.807, 2.05) is 4.72 Å². The minimum Gasteiger partial charge on any atom is -0.490 e. The molecular formula is C27H28F3N3O7S. The molecular weight excluding hydrogens is 567 g/mol. The summed E-state index contributed by atoms with van der Waals surface area (Å²) in [6, 6.07) is 9.76. The van der Waals surface area contributed by atoms with Crippen molar-refractivity contribution in [3.8, 4) is 11.5 Å². The molecule has 0 aliphatic heterocycles. The Labute approximate surface area is 234 Å². The summed E-state index contributed by atoms with van der Waals surface area (Å²) in [4.78, 5) is 30.1. The summed E-state index contributed by atoms with van der Waals surface area (Å²) in [6.07, 6.45) is -2.28. The number of nitrogens with zero attached hydrogens (tertiary/aromatic N) is 1. The van der Waals surface area contributed by atoms with Gasteiger partial charge in [0, 0.05) is 29.0 Å². The van der Waals surface area contributed by atoms with E-state index in [0.717, 1.165) is 6.07 Å². The van der Waals surface area contributed by atoms with E-state index in [2.05, 4.69) is 10.3 Å². The number of nitrogens with one attached hydrogen (secondary N) is 2. The van der Waals surface area contributed by atoms with E-state index in [9.17, 15) is 31.2 Å². The maximum atomic E-state index is 13.8. The van der Waals surface area contributed by atoms with Crippen molar-refractivity contribution in [1.29, 1.82) is 0 Å². The molecule has 4 rings (SSSR count). The van der Waals surface area contributed by atoms with Gasteiger partial charge in [-0.15, -0.1) is 0 Å². The number of carbonyl (C=O) groups is 2. The van der Waals surface area contributed by atoms with Gasteiger partial charge in [0.1, 0.15) is 0 Å². The number of esters is 1. The van der Waals surface area contributed by atoms with Crippen LogP contribution in [0.25, 0.3) is 10.8 Å². The molecule has 2 aromatic carbocycles. The number of halogens is 3. The topological polar surface area (TPSA) is 133 Å². The monoisotopic (exact) mass is 595 g/mol. The van der Waals surface area contributed by atoms with Crippen molar-refractivity contribution >= 4 is 38.4 Å². The SMILES string of the molecule is CCOc1cc(C(Nc2ccc3cnccc3c2)(OC(=O)C(F)(F)F)C(=O)NS(=O)(=O)C2CC2)ccc1OC(C)C. The highest BCUT2D eigenvalue weighted by Gasteiger charge is 2.53. The summed E-state index contributed by atoms with van der Waals surface area (Å²) in [5.74, 6) is -4.06. The summed E-state index contributed by atoms with van der Waals surface area (Å²) in [5, 5.41) is 2.93. The highest BCUT2D eigenvalue weighted by molar-refractivity contribution is 7.90. The third-order valence-corrected chi connectivity index (χ3v) is 7.79. The van der Waals surface area contributed by atoms with E-state index < -0.39 is 39.1 Å². The van der Waals surface area contributed by atoms with E-state index >= 15 is 0 Å². The van der Waals surface area contributed by atoms with Crippen LogP contribution in [0.1, 0.15) is 39.2 Å². The molecule has 1 aliphatic rings. The largest absolute Gasteiger partial charge is 0.491 e. The molecule has 1 atom stereocenters. The number of benzene rings is 2. The number of fused-ring (bicyclic) bond motifs is 1. The smallest absolute Gasteiger partial charge is 0.490 e. The van der Waals surface area contributed by atoms with Gasteiger partial charge in [-0.1, -0.05) is 6.07 Å². The second kappa shape index (κ2) is 11.4. The molecule has 1 fully saturated rings. The summed E-state index contributed by atoms with van der Waals surface area (Å²) >= 11 is 0. The number of sulfonamides is 1. The Morgan fingerprint density at radius 1 is 1.05 bits per heavy atom. The van der Waals surface area contributed by atoms with Crippen LogP contribution in [0.15, 0.2) is 54.9 Å². The fraction of sp³-hybridized carbons (Fsp3) is 0.370. The predicted octanol–water partition coefficient (Wildman–Crippen LogP) is 4.40. The highest BCUT2D eigenvalue weighted by Crippen LogP contribution is 2.39. The molecule has 1 amide bonds. The number of hydrogen-bond acceptors (Lipinski definition) is 9. The summed E-state index contributed by atoms with van der Waals surface area (Å²) in [5.41, 5.74) is -3.33. The zero-order valence-electron chi connectivity index (χ0n) is 22.3. The lowest BCUT2D eigenvalue weighted by Gasteiger charge is -2.34. The Morgan fingerprint density at radius 2 is 1.78 bits per heavy atom. The van der Waals surface area contributed by atoms with Crippen molar-refractivity contribution in [2.24, 2.45) is 0 Å². The molecule has 1 aliphatic carbocycles. The second-order valence-corrected chi connectivity index (χ2v) is 11.5. The number of carbonyl (C=O) groups excluding carboxylic acids is 2. The van der Waals surface area contributed by atoms with Crippen LogP contribution in [0.3, 0.4) is 0 Å². The van der Waals surface area contributed by atoms with Crippen LogP contribution < -0.4 is 19.5 Å². The molecule has 1 saturated carbocycles. The fourth-order valence-electron chi connectivity index (χ4n) is 3.96. The third kappa shape index (κ3) is 6.81. The normalized spacial score (nSPS) is 15.2. The van der Waals surface area contributed by atoms with E-state index in [1.165, 1.54) is 30.5 Å². The van der Waals surface area contributed by atoms with Crippen LogP contribution in [0.4, 0.5) is 18.9 Å². The average Bonchev–Trinajstić information content (AvgIpc) is 3.75. The molecule has 0 bridgehead atoms. The van der Waals surface area contributed by atoms with Crippen LogP contribution in [-0.2, 0) is 30.1 Å². The molecule has 0 radical (unpaired) electrons. The van der Waals surface area contributed by atoms with Crippen LogP contribution in [0.5, 0.6) is 11.5 Å². The summed E-state index contributed by atoms with van der Waals surface area (Å²) in [7, 11) is -4.30. The first kappa shape index (κ1) is 29.9. The van der Waals surface area contributed by atoms with Crippen molar-refractivity contribution in [2.45, 2.75) is 56.9 Å². The Hall–Kier alpha value is -4.07. The molecule has 10 nitrogen and oxygen atoms in total. The van der Waals surface area contributed by atoms with Crippen LogP contribution in [-0.4, -0.2) is 49.4 Å². The Morgan fingerprint density at radius 3 is 2.41 bits per heavy atom. The van der Waals surface area contributed by atoms with Gasteiger partial charge in [0.25, 0.3) is 5.72 Å². The Balaban J connectivity index is 1.93. The van der Waals surface area contributed by atoms with Gasteiger partial charge in [0.2, 0.25) is 10.0 Å². The minimum atomic E-state index is -5.53. The van der Waals surface area contributed by atoms with Gasteiger partial charge in [0.15, 0.2) is 11.5 Å². The van der Waals surface area contributed by atoms with Crippen molar-refractivity contribution < 1.29 is 45.4 Å². The van der Waals surface area contributed by atoms with E-state index in [0.29, 0.717) is 10.8 Å². The maximum Gasteiger partial charge on any atom is 0.491 e.